The molecule has 1 atom stereocenters. The summed E-state index contributed by atoms with van der Waals surface area (Å²) in [7, 11) is 0. The Balaban J connectivity index is 1.55. The molecule has 2 aromatic heterocycles. The number of carbonyl (C=O) groups is 1. The van der Waals surface area contributed by atoms with Crippen LogP contribution in [0.25, 0.3) is 0 Å². The third kappa shape index (κ3) is 3.90. The third-order valence-corrected chi connectivity index (χ3v) is 6.17. The van der Waals surface area contributed by atoms with Crippen LogP contribution in [0, 0.1) is 12.8 Å². The number of amides is 1. The van der Waals surface area contributed by atoms with Crippen LogP contribution in [0.3, 0.4) is 0 Å². The Morgan fingerprint density at radius 2 is 2.07 bits per heavy atom. The number of piperazine rings is 1. The van der Waals surface area contributed by atoms with Gasteiger partial charge in [0.05, 0.1) is 30.1 Å². The maximum absolute atomic E-state index is 13.1. The lowest BCUT2D eigenvalue weighted by Crippen LogP contribution is -2.57. The molecule has 1 amide bonds. The molecule has 2 aliphatic heterocycles. The van der Waals surface area contributed by atoms with Gasteiger partial charge < -0.3 is 19.0 Å². The van der Waals surface area contributed by atoms with Crippen LogP contribution in [-0.4, -0.2) is 47.1 Å². The van der Waals surface area contributed by atoms with Crippen LogP contribution >= 0.6 is 0 Å². The van der Waals surface area contributed by atoms with Crippen LogP contribution in [0.2, 0.25) is 0 Å². The van der Waals surface area contributed by atoms with Gasteiger partial charge in [0.1, 0.15) is 11.6 Å². The quantitative estimate of drug-likeness (QED) is 0.788. The number of furan rings is 1. The summed E-state index contributed by atoms with van der Waals surface area (Å²) in [5.74, 6) is 2.09. The van der Waals surface area contributed by atoms with Gasteiger partial charge in [-0.05, 0) is 49.9 Å². The molecule has 1 saturated heterocycles. The van der Waals surface area contributed by atoms with Crippen molar-refractivity contribution in [2.45, 2.75) is 59.3 Å². The molecule has 0 saturated carbocycles. The van der Waals surface area contributed by atoms with E-state index in [1.165, 1.54) is 11.1 Å². The van der Waals surface area contributed by atoms with Crippen molar-refractivity contribution >= 4 is 11.7 Å². The van der Waals surface area contributed by atoms with E-state index in [2.05, 4.69) is 38.7 Å². The van der Waals surface area contributed by atoms with Gasteiger partial charge in [-0.1, -0.05) is 13.8 Å². The number of aromatic nitrogens is 1. The molecule has 4 heterocycles. The SMILES string of the molecule is Cc1occc1C(=O)N1CCN(c2cc3c(cn2)COC(C)(C)C3)C[C@H]1C(C)C. The van der Waals surface area contributed by atoms with Gasteiger partial charge in [-0.15, -0.1) is 0 Å². The Kier molecular flexibility index (Phi) is 5.15. The minimum absolute atomic E-state index is 0.0619. The second-order valence-corrected chi connectivity index (χ2v) is 9.18. The second kappa shape index (κ2) is 7.48. The molecule has 4 rings (SSSR count). The van der Waals surface area contributed by atoms with Gasteiger partial charge in [0.2, 0.25) is 0 Å². The summed E-state index contributed by atoms with van der Waals surface area (Å²) in [4.78, 5) is 22.2. The van der Waals surface area contributed by atoms with E-state index in [9.17, 15) is 4.79 Å². The van der Waals surface area contributed by atoms with Crippen molar-refractivity contribution in [1.29, 1.82) is 0 Å². The molecular formula is C23H31N3O3. The van der Waals surface area contributed by atoms with Gasteiger partial charge in [-0.2, -0.15) is 0 Å². The molecule has 0 spiro atoms. The fourth-order valence-electron chi connectivity index (χ4n) is 4.37. The van der Waals surface area contributed by atoms with E-state index in [4.69, 9.17) is 14.1 Å². The van der Waals surface area contributed by atoms with Gasteiger partial charge in [0, 0.05) is 32.3 Å². The summed E-state index contributed by atoms with van der Waals surface area (Å²) >= 11 is 0. The van der Waals surface area contributed by atoms with E-state index in [0.717, 1.165) is 25.3 Å². The number of pyridine rings is 1. The molecule has 0 radical (unpaired) electrons. The average molecular weight is 398 g/mol. The van der Waals surface area contributed by atoms with Crippen molar-refractivity contribution in [3.8, 4) is 0 Å². The highest BCUT2D eigenvalue weighted by Gasteiger charge is 2.35. The highest BCUT2D eigenvalue weighted by atomic mass is 16.5. The number of anilines is 1. The Hall–Kier alpha value is -2.34. The number of nitrogens with zero attached hydrogens (tertiary/aromatic N) is 3. The van der Waals surface area contributed by atoms with Crippen molar-refractivity contribution in [2.24, 2.45) is 5.92 Å². The fourth-order valence-corrected chi connectivity index (χ4v) is 4.37. The number of ether oxygens (including phenoxy) is 1. The summed E-state index contributed by atoms with van der Waals surface area (Å²) in [6, 6.07) is 4.12. The number of rotatable bonds is 3. The number of fused-ring (bicyclic) bond motifs is 1. The molecule has 0 aromatic carbocycles. The first-order valence-corrected chi connectivity index (χ1v) is 10.5. The van der Waals surface area contributed by atoms with E-state index in [-0.39, 0.29) is 17.6 Å². The first-order valence-electron chi connectivity index (χ1n) is 10.5. The van der Waals surface area contributed by atoms with Crippen LogP contribution in [-0.2, 0) is 17.8 Å². The van der Waals surface area contributed by atoms with E-state index >= 15 is 0 Å². The predicted octanol–water partition coefficient (Wildman–Crippen LogP) is 3.82. The molecule has 1 fully saturated rings. The smallest absolute Gasteiger partial charge is 0.257 e. The number of hydrogen-bond donors (Lipinski definition) is 0. The Morgan fingerprint density at radius 3 is 2.76 bits per heavy atom. The summed E-state index contributed by atoms with van der Waals surface area (Å²) < 4.78 is 11.3. The standard InChI is InChI=1S/C23H31N3O3/c1-15(2)20-13-25(7-8-26(20)22(27)19-6-9-28-16(19)3)21-10-17-11-23(4,5)29-14-18(17)12-24-21/h6,9-10,12,15,20H,7-8,11,13-14H2,1-5H3/t20-/m0/s1. The van der Waals surface area contributed by atoms with E-state index < -0.39 is 0 Å². The lowest BCUT2D eigenvalue weighted by atomic mass is 9.92. The second-order valence-electron chi connectivity index (χ2n) is 9.18. The Bertz CT molecular complexity index is 903. The molecule has 6 heteroatoms. The van der Waals surface area contributed by atoms with Crippen LogP contribution in [0.15, 0.2) is 29.0 Å². The fraction of sp³-hybridized carbons (Fsp3) is 0.565. The van der Waals surface area contributed by atoms with Gasteiger partial charge in [-0.25, -0.2) is 4.98 Å². The lowest BCUT2D eigenvalue weighted by molar-refractivity contribution is -0.0402. The topological polar surface area (TPSA) is 58.8 Å². The van der Waals surface area contributed by atoms with Crippen molar-refractivity contribution in [1.82, 2.24) is 9.88 Å². The summed E-state index contributed by atoms with van der Waals surface area (Å²) in [6.07, 6.45) is 4.44. The molecule has 2 aromatic rings. The minimum atomic E-state index is -0.139. The highest BCUT2D eigenvalue weighted by Crippen LogP contribution is 2.31. The number of hydrogen-bond acceptors (Lipinski definition) is 5. The molecule has 0 unspecified atom stereocenters. The third-order valence-electron chi connectivity index (χ3n) is 6.17. The molecule has 0 aliphatic carbocycles. The van der Waals surface area contributed by atoms with Gasteiger partial charge in [0.25, 0.3) is 5.91 Å². The van der Waals surface area contributed by atoms with Gasteiger partial charge in [-0.3, -0.25) is 4.79 Å². The van der Waals surface area contributed by atoms with Crippen molar-refractivity contribution in [2.75, 3.05) is 24.5 Å². The normalized spacial score (nSPS) is 21.4. The van der Waals surface area contributed by atoms with E-state index in [1.807, 2.05) is 18.0 Å². The maximum Gasteiger partial charge on any atom is 0.257 e. The zero-order chi connectivity index (χ0) is 20.8. The molecule has 0 bridgehead atoms. The van der Waals surface area contributed by atoms with Gasteiger partial charge in [0.15, 0.2) is 0 Å². The summed E-state index contributed by atoms with van der Waals surface area (Å²) in [5, 5.41) is 0. The molecular weight excluding hydrogens is 366 g/mol. The van der Waals surface area contributed by atoms with Crippen LogP contribution in [0.1, 0.15) is 54.9 Å². The Labute approximate surface area is 172 Å². The van der Waals surface area contributed by atoms with Crippen molar-refractivity contribution in [3.63, 3.8) is 0 Å². The zero-order valence-corrected chi connectivity index (χ0v) is 18.1. The molecule has 0 N–H and O–H groups in total. The molecule has 2 aliphatic rings. The largest absolute Gasteiger partial charge is 0.469 e. The highest BCUT2D eigenvalue weighted by molar-refractivity contribution is 5.95. The first-order chi connectivity index (χ1) is 13.7. The van der Waals surface area contributed by atoms with E-state index in [0.29, 0.717) is 30.4 Å². The van der Waals surface area contributed by atoms with Crippen molar-refractivity contribution < 1.29 is 13.9 Å². The summed E-state index contributed by atoms with van der Waals surface area (Å²) in [6.45, 7) is 13.3. The van der Waals surface area contributed by atoms with Crippen LogP contribution in [0.4, 0.5) is 5.82 Å². The monoisotopic (exact) mass is 397 g/mol. The lowest BCUT2D eigenvalue weighted by Gasteiger charge is -2.44. The van der Waals surface area contributed by atoms with Crippen LogP contribution < -0.4 is 4.90 Å². The Morgan fingerprint density at radius 1 is 1.28 bits per heavy atom. The number of aryl methyl sites for hydroxylation is 1. The minimum Gasteiger partial charge on any atom is -0.469 e. The maximum atomic E-state index is 13.1. The summed E-state index contributed by atoms with van der Waals surface area (Å²) in [5.41, 5.74) is 3.02. The van der Waals surface area contributed by atoms with Crippen molar-refractivity contribution in [3.05, 3.63) is 47.0 Å². The first kappa shape index (κ1) is 20.0. The van der Waals surface area contributed by atoms with Crippen LogP contribution in [0.5, 0.6) is 0 Å². The average Bonchev–Trinajstić information content (AvgIpc) is 3.11. The number of carbonyl (C=O) groups excluding carboxylic acids is 1. The predicted molar refractivity (Wildman–Crippen MR) is 112 cm³/mol. The zero-order valence-electron chi connectivity index (χ0n) is 18.1. The molecule has 156 valence electrons. The molecule has 29 heavy (non-hydrogen) atoms. The van der Waals surface area contributed by atoms with E-state index in [1.54, 1.807) is 12.3 Å². The van der Waals surface area contributed by atoms with Gasteiger partial charge >= 0.3 is 0 Å². The molecule has 6 nitrogen and oxygen atoms in total.